The van der Waals surface area contributed by atoms with E-state index in [0.717, 1.165) is 12.8 Å². The van der Waals surface area contributed by atoms with Crippen molar-refractivity contribution in [2.24, 2.45) is 7.05 Å². The molecule has 0 spiro atoms. The highest BCUT2D eigenvalue weighted by atomic mass is 16.3. The maximum absolute atomic E-state index is 9.35. The van der Waals surface area contributed by atoms with Crippen molar-refractivity contribution in [3.63, 3.8) is 0 Å². The van der Waals surface area contributed by atoms with Crippen molar-refractivity contribution in [3.8, 4) is 0 Å². The highest BCUT2D eigenvalue weighted by Gasteiger charge is 2.29. The Morgan fingerprint density at radius 2 is 2.07 bits per heavy atom. The van der Waals surface area contributed by atoms with Gasteiger partial charge in [-0.3, -0.25) is 0 Å². The molecule has 1 aromatic carbocycles. The van der Waals surface area contributed by atoms with Crippen LogP contribution in [0, 0.1) is 0 Å². The van der Waals surface area contributed by atoms with E-state index >= 15 is 0 Å². The SMILES string of the molecule is Cn1ccc2c(C3CC(O)C3)cccc21. The van der Waals surface area contributed by atoms with E-state index in [0.29, 0.717) is 5.92 Å². The number of hydrogen-bond donors (Lipinski definition) is 1. The maximum atomic E-state index is 9.35. The Bertz CT molecular complexity index is 494. The summed E-state index contributed by atoms with van der Waals surface area (Å²) in [5, 5.41) is 10.7. The maximum Gasteiger partial charge on any atom is 0.0552 e. The second-order valence-electron chi connectivity index (χ2n) is 4.53. The van der Waals surface area contributed by atoms with Gasteiger partial charge in [0.1, 0.15) is 0 Å². The Morgan fingerprint density at radius 1 is 1.27 bits per heavy atom. The number of aliphatic hydroxyl groups is 1. The fourth-order valence-corrected chi connectivity index (χ4v) is 2.52. The predicted molar refractivity (Wildman–Crippen MR) is 60.9 cm³/mol. The summed E-state index contributed by atoms with van der Waals surface area (Å²) in [7, 11) is 2.07. The Kier molecular flexibility index (Phi) is 1.86. The fraction of sp³-hybridized carbons (Fsp3) is 0.385. The molecule has 1 aliphatic carbocycles. The number of hydrogen-bond acceptors (Lipinski definition) is 1. The molecule has 1 fully saturated rings. The summed E-state index contributed by atoms with van der Waals surface area (Å²) in [5.41, 5.74) is 2.69. The monoisotopic (exact) mass is 201 g/mol. The molecule has 0 amide bonds. The van der Waals surface area contributed by atoms with Crippen LogP contribution in [0.4, 0.5) is 0 Å². The number of nitrogens with zero attached hydrogens (tertiary/aromatic N) is 1. The molecular weight excluding hydrogens is 186 g/mol. The standard InChI is InChI=1S/C13H15NO/c1-14-6-5-12-11(3-2-4-13(12)14)9-7-10(15)8-9/h2-6,9-10,15H,7-8H2,1H3. The molecule has 1 aliphatic rings. The van der Waals surface area contributed by atoms with Crippen LogP contribution in [-0.2, 0) is 7.05 Å². The minimum atomic E-state index is -0.0750. The van der Waals surface area contributed by atoms with E-state index in [4.69, 9.17) is 0 Å². The van der Waals surface area contributed by atoms with Crippen molar-refractivity contribution in [2.45, 2.75) is 24.9 Å². The fourth-order valence-electron chi connectivity index (χ4n) is 2.52. The number of aromatic nitrogens is 1. The molecule has 0 saturated heterocycles. The van der Waals surface area contributed by atoms with E-state index < -0.39 is 0 Å². The first kappa shape index (κ1) is 8.98. The van der Waals surface area contributed by atoms with E-state index in [9.17, 15) is 5.11 Å². The molecule has 1 aromatic heterocycles. The Morgan fingerprint density at radius 3 is 2.80 bits per heavy atom. The minimum Gasteiger partial charge on any atom is -0.393 e. The first-order valence-electron chi connectivity index (χ1n) is 5.47. The highest BCUT2D eigenvalue weighted by Crippen LogP contribution is 2.39. The smallest absolute Gasteiger partial charge is 0.0552 e. The molecule has 0 radical (unpaired) electrons. The molecule has 2 nitrogen and oxygen atoms in total. The van der Waals surface area contributed by atoms with Gasteiger partial charge in [0.15, 0.2) is 0 Å². The van der Waals surface area contributed by atoms with Gasteiger partial charge in [0.2, 0.25) is 0 Å². The summed E-state index contributed by atoms with van der Waals surface area (Å²) in [6.07, 6.45) is 3.87. The van der Waals surface area contributed by atoms with Crippen molar-refractivity contribution in [3.05, 3.63) is 36.0 Å². The molecule has 15 heavy (non-hydrogen) atoms. The molecular formula is C13H15NO. The average molecular weight is 201 g/mol. The summed E-state index contributed by atoms with van der Waals surface area (Å²) >= 11 is 0. The van der Waals surface area contributed by atoms with Crippen LogP contribution in [0.3, 0.4) is 0 Å². The minimum absolute atomic E-state index is 0.0750. The van der Waals surface area contributed by atoms with Gasteiger partial charge < -0.3 is 9.67 Å². The molecule has 0 atom stereocenters. The lowest BCUT2D eigenvalue weighted by Crippen LogP contribution is -2.26. The third-order valence-electron chi connectivity index (χ3n) is 3.51. The van der Waals surface area contributed by atoms with Gasteiger partial charge >= 0.3 is 0 Å². The topological polar surface area (TPSA) is 25.2 Å². The molecule has 3 rings (SSSR count). The van der Waals surface area contributed by atoms with Crippen molar-refractivity contribution < 1.29 is 5.11 Å². The number of aliphatic hydroxyl groups excluding tert-OH is 1. The zero-order chi connectivity index (χ0) is 10.4. The molecule has 1 saturated carbocycles. The normalized spacial score (nSPS) is 25.5. The molecule has 0 aliphatic heterocycles. The molecule has 0 bridgehead atoms. The highest BCUT2D eigenvalue weighted by molar-refractivity contribution is 5.84. The quantitative estimate of drug-likeness (QED) is 0.753. The number of rotatable bonds is 1. The second-order valence-corrected chi connectivity index (χ2v) is 4.53. The average Bonchev–Trinajstić information content (AvgIpc) is 2.56. The summed E-state index contributed by atoms with van der Waals surface area (Å²) in [4.78, 5) is 0. The van der Waals surface area contributed by atoms with Crippen LogP contribution in [0.15, 0.2) is 30.5 Å². The van der Waals surface area contributed by atoms with Crippen LogP contribution in [0.2, 0.25) is 0 Å². The van der Waals surface area contributed by atoms with Gasteiger partial charge in [-0.1, -0.05) is 12.1 Å². The lowest BCUT2D eigenvalue weighted by Gasteiger charge is -2.32. The predicted octanol–water partition coefficient (Wildman–Crippen LogP) is 2.42. The van der Waals surface area contributed by atoms with Crippen LogP contribution < -0.4 is 0 Å². The molecule has 2 aromatic rings. The summed E-state index contributed by atoms with van der Waals surface area (Å²) < 4.78 is 2.15. The first-order chi connectivity index (χ1) is 7.25. The largest absolute Gasteiger partial charge is 0.393 e. The Hall–Kier alpha value is -1.28. The molecule has 2 heteroatoms. The number of aryl methyl sites for hydroxylation is 1. The summed E-state index contributed by atoms with van der Waals surface area (Å²) in [6.45, 7) is 0. The lowest BCUT2D eigenvalue weighted by atomic mass is 9.76. The van der Waals surface area contributed by atoms with Gasteiger partial charge in [0.05, 0.1) is 6.10 Å². The second kappa shape index (κ2) is 3.11. The van der Waals surface area contributed by atoms with Crippen LogP contribution >= 0.6 is 0 Å². The van der Waals surface area contributed by atoms with E-state index in [1.54, 1.807) is 0 Å². The van der Waals surface area contributed by atoms with Gasteiger partial charge in [0, 0.05) is 24.1 Å². The van der Waals surface area contributed by atoms with Crippen LogP contribution in [0.5, 0.6) is 0 Å². The lowest BCUT2D eigenvalue weighted by molar-refractivity contribution is 0.0751. The van der Waals surface area contributed by atoms with Gasteiger partial charge in [-0.05, 0) is 36.5 Å². The van der Waals surface area contributed by atoms with Crippen LogP contribution in [-0.4, -0.2) is 15.8 Å². The van der Waals surface area contributed by atoms with Crippen LogP contribution in [0.25, 0.3) is 10.9 Å². The number of fused-ring (bicyclic) bond motifs is 1. The van der Waals surface area contributed by atoms with Gasteiger partial charge in [-0.25, -0.2) is 0 Å². The van der Waals surface area contributed by atoms with Crippen LogP contribution in [0.1, 0.15) is 24.3 Å². The Labute approximate surface area is 89.1 Å². The number of benzene rings is 1. The van der Waals surface area contributed by atoms with Gasteiger partial charge in [-0.2, -0.15) is 0 Å². The van der Waals surface area contributed by atoms with E-state index in [1.165, 1.54) is 16.5 Å². The third kappa shape index (κ3) is 1.29. The van der Waals surface area contributed by atoms with E-state index in [1.807, 2.05) is 0 Å². The first-order valence-corrected chi connectivity index (χ1v) is 5.47. The third-order valence-corrected chi connectivity index (χ3v) is 3.51. The van der Waals surface area contributed by atoms with Gasteiger partial charge in [0.25, 0.3) is 0 Å². The summed E-state index contributed by atoms with van der Waals surface area (Å²) in [6, 6.07) is 8.63. The van der Waals surface area contributed by atoms with Crippen molar-refractivity contribution >= 4 is 10.9 Å². The zero-order valence-corrected chi connectivity index (χ0v) is 8.85. The molecule has 1 N–H and O–H groups in total. The van der Waals surface area contributed by atoms with Gasteiger partial charge in [-0.15, -0.1) is 0 Å². The molecule has 1 heterocycles. The Balaban J connectivity index is 2.10. The van der Waals surface area contributed by atoms with E-state index in [-0.39, 0.29) is 6.10 Å². The zero-order valence-electron chi connectivity index (χ0n) is 8.85. The van der Waals surface area contributed by atoms with Crippen molar-refractivity contribution in [1.29, 1.82) is 0 Å². The molecule has 0 unspecified atom stereocenters. The van der Waals surface area contributed by atoms with E-state index in [2.05, 4.69) is 42.1 Å². The van der Waals surface area contributed by atoms with Crippen molar-refractivity contribution in [2.75, 3.05) is 0 Å². The van der Waals surface area contributed by atoms with Crippen molar-refractivity contribution in [1.82, 2.24) is 4.57 Å². The molecule has 78 valence electrons. The summed E-state index contributed by atoms with van der Waals surface area (Å²) in [5.74, 6) is 0.561.